The molecule has 1 N–H and O–H groups in total. The van der Waals surface area contributed by atoms with Gasteiger partial charge in [-0.25, -0.2) is 4.39 Å². The summed E-state index contributed by atoms with van der Waals surface area (Å²) in [6.07, 6.45) is -2.89. The van der Waals surface area contributed by atoms with Crippen molar-refractivity contribution in [2.75, 3.05) is 5.32 Å². The molecule has 0 radical (unpaired) electrons. The molecule has 0 aromatic heterocycles. The van der Waals surface area contributed by atoms with E-state index in [2.05, 4.69) is 21.2 Å². The summed E-state index contributed by atoms with van der Waals surface area (Å²) in [4.78, 5) is 12.3. The van der Waals surface area contributed by atoms with E-state index in [9.17, 15) is 22.4 Å². The van der Waals surface area contributed by atoms with Crippen molar-refractivity contribution in [1.29, 1.82) is 0 Å². The van der Waals surface area contributed by atoms with Crippen LogP contribution in [0.5, 0.6) is 5.75 Å². The zero-order valence-corrected chi connectivity index (χ0v) is 17.4. The van der Waals surface area contributed by atoms with Gasteiger partial charge >= 0.3 is 6.18 Å². The molecule has 1 heterocycles. The number of rotatable bonds is 4. The Balaban J connectivity index is 1.56. The molecule has 0 atom stereocenters. The molecule has 0 aliphatic carbocycles. The van der Waals surface area contributed by atoms with Crippen LogP contribution < -0.4 is 10.1 Å². The standard InChI is InChI=1S/C23H14BrF4NO2/c24-19-10-13(4-7-21(19)31-12-14-2-1-3-16(25)8-14)9-18-17-6-5-15(23(26,27)28)11-20(17)29-22(18)30/h1-11H,12H2,(H,29,30)/b18-9-. The highest BCUT2D eigenvalue weighted by Gasteiger charge is 2.33. The van der Waals surface area contributed by atoms with Crippen LogP contribution in [-0.2, 0) is 17.6 Å². The van der Waals surface area contributed by atoms with Crippen molar-refractivity contribution in [2.24, 2.45) is 0 Å². The third-order valence-electron chi connectivity index (χ3n) is 4.68. The van der Waals surface area contributed by atoms with Crippen molar-refractivity contribution in [3.05, 3.63) is 93.2 Å². The Morgan fingerprint density at radius 2 is 1.84 bits per heavy atom. The zero-order valence-electron chi connectivity index (χ0n) is 15.8. The quantitative estimate of drug-likeness (QED) is 0.326. The van der Waals surface area contributed by atoms with Gasteiger partial charge in [0, 0.05) is 16.8 Å². The normalized spacial score (nSPS) is 14.5. The van der Waals surface area contributed by atoms with E-state index < -0.39 is 17.6 Å². The minimum absolute atomic E-state index is 0.125. The molecule has 0 fully saturated rings. The highest BCUT2D eigenvalue weighted by Crippen LogP contribution is 2.38. The fraction of sp³-hybridized carbons (Fsp3) is 0.0870. The van der Waals surface area contributed by atoms with Crippen molar-refractivity contribution >= 4 is 39.2 Å². The second-order valence-corrected chi connectivity index (χ2v) is 7.73. The lowest BCUT2D eigenvalue weighted by Gasteiger charge is -2.09. The molecule has 8 heteroatoms. The minimum atomic E-state index is -4.49. The molecule has 3 aromatic carbocycles. The highest BCUT2D eigenvalue weighted by molar-refractivity contribution is 9.10. The molecule has 1 aliphatic rings. The number of hydrogen-bond donors (Lipinski definition) is 1. The van der Waals surface area contributed by atoms with Crippen LogP contribution in [-0.4, -0.2) is 5.91 Å². The van der Waals surface area contributed by atoms with Gasteiger partial charge in [0.25, 0.3) is 5.91 Å². The fourth-order valence-corrected chi connectivity index (χ4v) is 3.70. The molecule has 0 saturated heterocycles. The van der Waals surface area contributed by atoms with E-state index in [4.69, 9.17) is 4.74 Å². The lowest BCUT2D eigenvalue weighted by Crippen LogP contribution is -2.06. The Hall–Kier alpha value is -3.13. The Morgan fingerprint density at radius 1 is 1.03 bits per heavy atom. The zero-order chi connectivity index (χ0) is 22.2. The number of alkyl halides is 3. The topological polar surface area (TPSA) is 38.3 Å². The number of anilines is 1. The summed E-state index contributed by atoms with van der Waals surface area (Å²) >= 11 is 3.41. The largest absolute Gasteiger partial charge is 0.488 e. The first-order chi connectivity index (χ1) is 14.7. The van der Waals surface area contributed by atoms with Gasteiger partial charge in [-0.3, -0.25) is 4.79 Å². The van der Waals surface area contributed by atoms with Crippen LogP contribution >= 0.6 is 15.9 Å². The van der Waals surface area contributed by atoms with Gasteiger partial charge in [0.05, 0.1) is 10.0 Å². The minimum Gasteiger partial charge on any atom is -0.488 e. The lowest BCUT2D eigenvalue weighted by atomic mass is 10.0. The fourth-order valence-electron chi connectivity index (χ4n) is 3.19. The summed E-state index contributed by atoms with van der Waals surface area (Å²) in [6, 6.07) is 14.4. The van der Waals surface area contributed by atoms with Gasteiger partial charge < -0.3 is 10.1 Å². The number of ether oxygens (including phenoxy) is 1. The van der Waals surface area contributed by atoms with Gasteiger partial charge in [-0.15, -0.1) is 0 Å². The number of carbonyl (C=O) groups is 1. The smallest absolute Gasteiger partial charge is 0.416 e. The number of amides is 1. The molecule has 31 heavy (non-hydrogen) atoms. The van der Waals surface area contributed by atoms with Crippen LogP contribution in [0.25, 0.3) is 11.6 Å². The SMILES string of the molecule is O=C1Nc2cc(C(F)(F)F)ccc2/C1=C/c1ccc(OCc2cccc(F)c2)c(Br)c1. The molecule has 0 spiro atoms. The number of nitrogens with one attached hydrogen (secondary N) is 1. The van der Waals surface area contributed by atoms with Gasteiger partial charge in [0.15, 0.2) is 0 Å². The maximum absolute atomic E-state index is 13.3. The van der Waals surface area contributed by atoms with E-state index in [-0.39, 0.29) is 23.7 Å². The van der Waals surface area contributed by atoms with Crippen molar-refractivity contribution < 1.29 is 27.1 Å². The summed E-state index contributed by atoms with van der Waals surface area (Å²) < 4.78 is 58.3. The van der Waals surface area contributed by atoms with Crippen LogP contribution in [0.4, 0.5) is 23.2 Å². The summed E-state index contributed by atoms with van der Waals surface area (Å²) in [5.74, 6) is -0.297. The average Bonchev–Trinajstić information content (AvgIpc) is 3.01. The van der Waals surface area contributed by atoms with Gasteiger partial charge in [-0.05, 0) is 69.5 Å². The van der Waals surface area contributed by atoms with Crippen LogP contribution in [0, 0.1) is 5.82 Å². The summed E-state index contributed by atoms with van der Waals surface area (Å²) in [6.45, 7) is 0.175. The summed E-state index contributed by atoms with van der Waals surface area (Å²) in [5.41, 5.74) is 1.30. The number of benzene rings is 3. The summed E-state index contributed by atoms with van der Waals surface area (Å²) in [5, 5.41) is 2.47. The molecule has 3 aromatic rings. The van der Waals surface area contributed by atoms with E-state index in [1.807, 2.05) is 0 Å². The monoisotopic (exact) mass is 491 g/mol. The van der Waals surface area contributed by atoms with E-state index >= 15 is 0 Å². The van der Waals surface area contributed by atoms with Gasteiger partial charge in [0.1, 0.15) is 18.2 Å². The molecule has 0 unspecified atom stereocenters. The number of halogens is 5. The lowest BCUT2D eigenvalue weighted by molar-refractivity contribution is -0.137. The Morgan fingerprint density at radius 3 is 2.55 bits per heavy atom. The van der Waals surface area contributed by atoms with Crippen LogP contribution in [0.2, 0.25) is 0 Å². The first-order valence-electron chi connectivity index (χ1n) is 9.12. The van der Waals surface area contributed by atoms with Crippen molar-refractivity contribution in [3.8, 4) is 5.75 Å². The van der Waals surface area contributed by atoms with Crippen molar-refractivity contribution in [3.63, 3.8) is 0 Å². The van der Waals surface area contributed by atoms with Crippen LogP contribution in [0.1, 0.15) is 22.3 Å². The molecular weight excluding hydrogens is 478 g/mol. The summed E-state index contributed by atoms with van der Waals surface area (Å²) in [7, 11) is 0. The number of fused-ring (bicyclic) bond motifs is 1. The molecule has 4 rings (SSSR count). The van der Waals surface area contributed by atoms with Gasteiger partial charge in [-0.1, -0.05) is 24.3 Å². The van der Waals surface area contributed by atoms with E-state index in [1.165, 1.54) is 18.2 Å². The first-order valence-corrected chi connectivity index (χ1v) is 9.91. The number of carbonyl (C=O) groups excluding carboxylic acids is 1. The third kappa shape index (κ3) is 4.64. The van der Waals surface area contributed by atoms with E-state index in [0.29, 0.717) is 26.9 Å². The molecule has 3 nitrogen and oxygen atoms in total. The molecular formula is C23H14BrF4NO2. The van der Waals surface area contributed by atoms with Crippen LogP contribution in [0.15, 0.2) is 65.1 Å². The Labute approximate surface area is 183 Å². The molecule has 1 aliphatic heterocycles. The van der Waals surface area contributed by atoms with Crippen LogP contribution in [0.3, 0.4) is 0 Å². The molecule has 1 amide bonds. The maximum Gasteiger partial charge on any atom is 0.416 e. The van der Waals surface area contributed by atoms with Gasteiger partial charge in [-0.2, -0.15) is 13.2 Å². The first kappa shape index (κ1) is 21.1. The van der Waals surface area contributed by atoms with E-state index in [0.717, 1.165) is 12.1 Å². The predicted molar refractivity (Wildman–Crippen MR) is 113 cm³/mol. The van der Waals surface area contributed by atoms with Gasteiger partial charge in [0.2, 0.25) is 0 Å². The second kappa shape index (κ2) is 8.19. The second-order valence-electron chi connectivity index (χ2n) is 6.88. The highest BCUT2D eigenvalue weighted by atomic mass is 79.9. The number of hydrogen-bond acceptors (Lipinski definition) is 2. The average molecular weight is 492 g/mol. The molecule has 158 valence electrons. The van der Waals surface area contributed by atoms with E-state index in [1.54, 1.807) is 36.4 Å². The van der Waals surface area contributed by atoms with Crippen molar-refractivity contribution in [1.82, 2.24) is 0 Å². The van der Waals surface area contributed by atoms with Crippen molar-refractivity contribution in [2.45, 2.75) is 12.8 Å². The maximum atomic E-state index is 13.3. The molecule has 0 saturated carbocycles. The molecule has 0 bridgehead atoms. The Bertz CT molecular complexity index is 1200. The Kier molecular flexibility index (Phi) is 5.58. The predicted octanol–water partition coefficient (Wildman–Crippen LogP) is 6.68. The third-order valence-corrected chi connectivity index (χ3v) is 5.30.